The molecule has 0 aliphatic rings. The van der Waals surface area contributed by atoms with Crippen molar-refractivity contribution >= 4 is 20.2 Å². The second-order valence-electron chi connectivity index (χ2n) is 8.55. The van der Waals surface area contributed by atoms with Gasteiger partial charge in [-0.1, -0.05) is 56.2 Å². The normalized spacial score (nSPS) is 13.9. The summed E-state index contributed by atoms with van der Waals surface area (Å²) in [5, 5.41) is 0. The summed E-state index contributed by atoms with van der Waals surface area (Å²) in [6, 6.07) is 12.9. The molecule has 0 aromatic heterocycles. The second kappa shape index (κ2) is 9.60. The number of hydrogen-bond acceptors (Lipinski definition) is 6. The lowest BCUT2D eigenvalue weighted by atomic mass is 9.84. The summed E-state index contributed by atoms with van der Waals surface area (Å²) < 4.78 is 59.9. The van der Waals surface area contributed by atoms with Crippen molar-refractivity contribution in [2.45, 2.75) is 50.8 Å². The summed E-state index contributed by atoms with van der Waals surface area (Å²) in [6.45, 7) is 9.36. The van der Waals surface area contributed by atoms with E-state index < -0.39 is 25.7 Å². The highest BCUT2D eigenvalue weighted by Gasteiger charge is 2.27. The van der Waals surface area contributed by atoms with Crippen LogP contribution in [0.25, 0.3) is 0 Å². The molecule has 30 heavy (non-hydrogen) atoms. The maximum Gasteiger partial charge on any atom is 0.296 e. The van der Waals surface area contributed by atoms with E-state index >= 15 is 0 Å². The van der Waals surface area contributed by atoms with Gasteiger partial charge in [0.15, 0.2) is 0 Å². The van der Waals surface area contributed by atoms with Gasteiger partial charge >= 0.3 is 0 Å². The summed E-state index contributed by atoms with van der Waals surface area (Å²) in [7, 11) is -7.68. The standard InChI is InChI=1S/C22H30O6S2/c1-17-6-10-20(11-7-17)29(23,24)27-15-19(3)14-22(4,5)16-28-30(25,26)21-12-8-18(2)9-13-21/h6-13,19H,14-16H2,1-5H3. The molecule has 1 atom stereocenters. The summed E-state index contributed by atoms with van der Waals surface area (Å²) >= 11 is 0. The number of aryl methyl sites for hydroxylation is 2. The van der Waals surface area contributed by atoms with Gasteiger partial charge in [0.2, 0.25) is 0 Å². The fraction of sp³-hybridized carbons (Fsp3) is 0.455. The van der Waals surface area contributed by atoms with Gasteiger partial charge in [-0.05, 0) is 55.9 Å². The van der Waals surface area contributed by atoms with Gasteiger partial charge in [0, 0.05) is 0 Å². The minimum atomic E-state index is -3.85. The molecule has 2 aromatic rings. The summed E-state index contributed by atoms with van der Waals surface area (Å²) in [5.74, 6) is -0.120. The molecule has 0 saturated carbocycles. The molecule has 0 aliphatic carbocycles. The fourth-order valence-corrected chi connectivity index (χ4v) is 5.15. The lowest BCUT2D eigenvalue weighted by molar-refractivity contribution is 0.136. The van der Waals surface area contributed by atoms with Crippen LogP contribution < -0.4 is 0 Å². The molecule has 1 unspecified atom stereocenters. The van der Waals surface area contributed by atoms with Crippen LogP contribution in [0.5, 0.6) is 0 Å². The highest BCUT2D eigenvalue weighted by Crippen LogP contribution is 2.28. The van der Waals surface area contributed by atoms with Crippen LogP contribution >= 0.6 is 0 Å². The van der Waals surface area contributed by atoms with Crippen LogP contribution in [-0.4, -0.2) is 30.0 Å². The molecule has 2 rings (SSSR count). The smallest absolute Gasteiger partial charge is 0.266 e. The van der Waals surface area contributed by atoms with Crippen molar-refractivity contribution in [1.82, 2.24) is 0 Å². The number of rotatable bonds is 10. The van der Waals surface area contributed by atoms with Crippen LogP contribution in [0, 0.1) is 25.2 Å². The van der Waals surface area contributed by atoms with Crippen molar-refractivity contribution in [1.29, 1.82) is 0 Å². The van der Waals surface area contributed by atoms with E-state index in [2.05, 4.69) is 0 Å². The second-order valence-corrected chi connectivity index (χ2v) is 11.8. The van der Waals surface area contributed by atoms with E-state index in [0.717, 1.165) is 11.1 Å². The Balaban J connectivity index is 1.91. The highest BCUT2D eigenvalue weighted by molar-refractivity contribution is 7.87. The Kier molecular flexibility index (Phi) is 7.85. The molecule has 0 bridgehead atoms. The largest absolute Gasteiger partial charge is 0.296 e. The molecular weight excluding hydrogens is 424 g/mol. The van der Waals surface area contributed by atoms with Gasteiger partial charge in [0.25, 0.3) is 20.2 Å². The fourth-order valence-electron chi connectivity index (χ4n) is 3.05. The maximum atomic E-state index is 12.4. The minimum absolute atomic E-state index is 0.00432. The van der Waals surface area contributed by atoms with Crippen molar-refractivity contribution in [2.75, 3.05) is 13.2 Å². The van der Waals surface area contributed by atoms with Gasteiger partial charge < -0.3 is 0 Å². The Morgan fingerprint density at radius 3 is 1.60 bits per heavy atom. The minimum Gasteiger partial charge on any atom is -0.266 e. The van der Waals surface area contributed by atoms with E-state index in [0.29, 0.717) is 6.42 Å². The lowest BCUT2D eigenvalue weighted by Crippen LogP contribution is -2.26. The van der Waals surface area contributed by atoms with E-state index in [4.69, 9.17) is 8.37 Å². The molecule has 6 nitrogen and oxygen atoms in total. The zero-order valence-corrected chi connectivity index (χ0v) is 19.7. The van der Waals surface area contributed by atoms with E-state index in [-0.39, 0.29) is 28.9 Å². The van der Waals surface area contributed by atoms with Crippen LogP contribution in [0.15, 0.2) is 58.3 Å². The van der Waals surface area contributed by atoms with Gasteiger partial charge in [0.1, 0.15) is 0 Å². The number of benzene rings is 2. The van der Waals surface area contributed by atoms with Crippen LogP contribution in [0.2, 0.25) is 0 Å². The molecule has 0 amide bonds. The Morgan fingerprint density at radius 2 is 1.17 bits per heavy atom. The van der Waals surface area contributed by atoms with E-state index in [1.54, 1.807) is 24.3 Å². The van der Waals surface area contributed by atoms with Crippen LogP contribution in [0.3, 0.4) is 0 Å². The quantitative estimate of drug-likeness (QED) is 0.493. The third-order valence-electron chi connectivity index (χ3n) is 4.63. The molecule has 8 heteroatoms. The number of hydrogen-bond donors (Lipinski definition) is 0. The van der Waals surface area contributed by atoms with E-state index in [1.165, 1.54) is 24.3 Å². The van der Waals surface area contributed by atoms with Crippen molar-refractivity contribution in [2.24, 2.45) is 11.3 Å². The van der Waals surface area contributed by atoms with Crippen molar-refractivity contribution in [3.05, 3.63) is 59.7 Å². The average molecular weight is 455 g/mol. The maximum absolute atomic E-state index is 12.4. The van der Waals surface area contributed by atoms with Gasteiger partial charge in [0.05, 0.1) is 23.0 Å². The molecule has 0 fully saturated rings. The van der Waals surface area contributed by atoms with Crippen molar-refractivity contribution in [3.63, 3.8) is 0 Å². The first-order chi connectivity index (χ1) is 13.8. The Morgan fingerprint density at radius 1 is 0.767 bits per heavy atom. The van der Waals surface area contributed by atoms with Crippen LogP contribution in [-0.2, 0) is 28.6 Å². The Labute approximate surface area is 180 Å². The summed E-state index contributed by atoms with van der Waals surface area (Å²) in [4.78, 5) is 0.233. The Bertz CT molecular complexity index is 1040. The third-order valence-corrected chi connectivity index (χ3v) is 7.21. The Hall–Kier alpha value is -1.74. The molecule has 166 valence electrons. The summed E-state index contributed by atoms with van der Waals surface area (Å²) in [5.41, 5.74) is 1.43. The topological polar surface area (TPSA) is 86.7 Å². The van der Waals surface area contributed by atoms with Gasteiger partial charge in [-0.25, -0.2) is 0 Å². The molecular formula is C22H30O6S2. The summed E-state index contributed by atoms with van der Waals surface area (Å²) in [6.07, 6.45) is 0.528. The van der Waals surface area contributed by atoms with Crippen molar-refractivity contribution < 1.29 is 25.2 Å². The monoisotopic (exact) mass is 454 g/mol. The SMILES string of the molecule is Cc1ccc(S(=O)(=O)OCC(C)CC(C)(C)COS(=O)(=O)c2ccc(C)cc2)cc1. The van der Waals surface area contributed by atoms with Gasteiger partial charge in [-0.15, -0.1) is 0 Å². The molecule has 0 radical (unpaired) electrons. The predicted molar refractivity (Wildman–Crippen MR) is 116 cm³/mol. The van der Waals surface area contributed by atoms with Crippen LogP contribution in [0.4, 0.5) is 0 Å². The zero-order chi connectivity index (χ0) is 22.6. The van der Waals surface area contributed by atoms with Crippen LogP contribution in [0.1, 0.15) is 38.3 Å². The van der Waals surface area contributed by atoms with E-state index in [9.17, 15) is 16.8 Å². The van der Waals surface area contributed by atoms with Gasteiger partial charge in [-0.3, -0.25) is 8.37 Å². The molecule has 0 heterocycles. The molecule has 0 aliphatic heterocycles. The molecule has 0 spiro atoms. The average Bonchev–Trinajstić information content (AvgIpc) is 2.66. The zero-order valence-electron chi connectivity index (χ0n) is 18.1. The lowest BCUT2D eigenvalue weighted by Gasteiger charge is -2.27. The van der Waals surface area contributed by atoms with Gasteiger partial charge in [-0.2, -0.15) is 16.8 Å². The van der Waals surface area contributed by atoms with Crippen molar-refractivity contribution in [3.8, 4) is 0 Å². The first kappa shape index (κ1) is 24.5. The third kappa shape index (κ3) is 7.19. The van der Waals surface area contributed by atoms with E-state index in [1.807, 2.05) is 34.6 Å². The predicted octanol–water partition coefficient (Wildman–Crippen LogP) is 4.47. The molecule has 0 N–H and O–H groups in total. The highest BCUT2D eigenvalue weighted by atomic mass is 32.2. The molecule has 2 aromatic carbocycles. The molecule has 0 saturated heterocycles. The first-order valence-corrected chi connectivity index (χ1v) is 12.5. The first-order valence-electron chi connectivity index (χ1n) is 9.73.